The highest BCUT2D eigenvalue weighted by molar-refractivity contribution is 5.73. The Morgan fingerprint density at radius 1 is 1.36 bits per heavy atom. The van der Waals surface area contributed by atoms with E-state index in [2.05, 4.69) is 9.84 Å². The molecule has 0 bridgehead atoms. The zero-order valence-electron chi connectivity index (χ0n) is 11.5. The Bertz CT molecular complexity index is 575. The molecular formula is C12H12F6N2O2. The molecule has 1 unspecified atom stereocenters. The summed E-state index contributed by atoms with van der Waals surface area (Å²) in [6.07, 6.45) is -7.99. The summed E-state index contributed by atoms with van der Waals surface area (Å²) in [6, 6.07) is -0.455. The van der Waals surface area contributed by atoms with Gasteiger partial charge in [0.05, 0.1) is 6.61 Å². The summed E-state index contributed by atoms with van der Waals surface area (Å²) >= 11 is 0. The van der Waals surface area contributed by atoms with E-state index in [1.807, 2.05) is 0 Å². The third-order valence-corrected chi connectivity index (χ3v) is 2.69. The number of nitrogens with zero attached hydrogens (tertiary/aromatic N) is 2. The molecule has 1 aromatic heterocycles. The van der Waals surface area contributed by atoms with E-state index in [0.29, 0.717) is 0 Å². The van der Waals surface area contributed by atoms with Gasteiger partial charge in [0.2, 0.25) is 0 Å². The van der Waals surface area contributed by atoms with Crippen molar-refractivity contribution in [2.24, 2.45) is 0 Å². The average molecular weight is 330 g/mol. The van der Waals surface area contributed by atoms with Gasteiger partial charge < -0.3 is 4.74 Å². The molecule has 1 atom stereocenters. The molecule has 0 saturated heterocycles. The van der Waals surface area contributed by atoms with Gasteiger partial charge in [-0.1, -0.05) is 0 Å². The van der Waals surface area contributed by atoms with Crippen molar-refractivity contribution in [1.82, 2.24) is 9.78 Å². The molecule has 0 aliphatic rings. The largest absolute Gasteiger partial charge is 0.464 e. The quantitative estimate of drug-likeness (QED) is 0.609. The van der Waals surface area contributed by atoms with E-state index in [4.69, 9.17) is 0 Å². The number of aromatic nitrogens is 2. The van der Waals surface area contributed by atoms with Gasteiger partial charge in [-0.15, -0.1) is 0 Å². The van der Waals surface area contributed by atoms with Crippen molar-refractivity contribution in [3.63, 3.8) is 0 Å². The number of ether oxygens (including phenoxy) is 1. The van der Waals surface area contributed by atoms with E-state index in [0.717, 1.165) is 10.7 Å². The van der Waals surface area contributed by atoms with Crippen LogP contribution in [-0.4, -0.2) is 22.4 Å². The lowest BCUT2D eigenvalue weighted by Gasteiger charge is -2.13. The Morgan fingerprint density at radius 2 is 1.95 bits per heavy atom. The maximum absolute atomic E-state index is 12.5. The minimum atomic E-state index is -4.66. The summed E-state index contributed by atoms with van der Waals surface area (Å²) in [5, 5.41) is 3.26. The van der Waals surface area contributed by atoms with Crippen LogP contribution in [0.5, 0.6) is 0 Å². The van der Waals surface area contributed by atoms with Gasteiger partial charge in [-0.2, -0.15) is 27.1 Å². The Balaban J connectivity index is 2.72. The number of rotatable bonds is 5. The Morgan fingerprint density at radius 3 is 2.41 bits per heavy atom. The molecule has 1 heterocycles. The van der Waals surface area contributed by atoms with Crippen LogP contribution >= 0.6 is 0 Å². The average Bonchev–Trinajstić information content (AvgIpc) is 2.79. The fourth-order valence-corrected chi connectivity index (χ4v) is 1.57. The number of alkyl halides is 3. The normalized spacial score (nSPS) is 12.9. The second-order valence-corrected chi connectivity index (χ2v) is 4.37. The number of hydrogen-bond acceptors (Lipinski definition) is 3. The highest BCUT2D eigenvalue weighted by Crippen LogP contribution is 2.29. The molecular weight excluding hydrogens is 318 g/mol. The number of aryl methyl sites for hydroxylation is 1. The van der Waals surface area contributed by atoms with Crippen LogP contribution < -0.4 is 0 Å². The summed E-state index contributed by atoms with van der Waals surface area (Å²) in [4.78, 5) is 11.6. The van der Waals surface area contributed by atoms with Gasteiger partial charge >= 0.3 is 18.2 Å². The predicted octanol–water partition coefficient (Wildman–Crippen LogP) is 3.78. The molecule has 10 heteroatoms. The first-order chi connectivity index (χ1) is 10.0. The number of carbonyl (C=O) groups is 1. The fraction of sp³-hybridized carbons (Fsp3) is 0.500. The third kappa shape index (κ3) is 4.50. The van der Waals surface area contributed by atoms with E-state index in [1.54, 1.807) is 0 Å². The molecule has 0 aliphatic heterocycles. The van der Waals surface area contributed by atoms with Gasteiger partial charge in [-0.3, -0.25) is 4.68 Å². The predicted molar refractivity (Wildman–Crippen MR) is 62.6 cm³/mol. The van der Waals surface area contributed by atoms with Gasteiger partial charge in [-0.05, 0) is 19.9 Å². The molecule has 1 aromatic rings. The summed E-state index contributed by atoms with van der Waals surface area (Å²) in [5.41, 5.74) is -1.10. The first kappa shape index (κ1) is 18.1. The number of halogens is 6. The molecule has 0 aromatic carbocycles. The summed E-state index contributed by atoms with van der Waals surface area (Å²) in [7, 11) is 0. The van der Waals surface area contributed by atoms with Gasteiger partial charge in [-0.25, -0.2) is 9.18 Å². The van der Waals surface area contributed by atoms with Gasteiger partial charge in [0.25, 0.3) is 0 Å². The molecule has 0 fully saturated rings. The van der Waals surface area contributed by atoms with Crippen LogP contribution in [0.15, 0.2) is 18.0 Å². The van der Waals surface area contributed by atoms with Crippen LogP contribution in [0, 0.1) is 6.92 Å². The van der Waals surface area contributed by atoms with Crippen molar-refractivity contribution < 1.29 is 35.9 Å². The second kappa shape index (κ2) is 6.84. The van der Waals surface area contributed by atoms with E-state index in [1.165, 1.54) is 13.8 Å². The van der Waals surface area contributed by atoms with Crippen molar-refractivity contribution in [3.8, 4) is 0 Å². The van der Waals surface area contributed by atoms with E-state index < -0.39 is 48.8 Å². The fourth-order valence-electron chi connectivity index (χ4n) is 1.57. The summed E-state index contributed by atoms with van der Waals surface area (Å²) in [6.45, 7) is 1.89. The lowest BCUT2D eigenvalue weighted by Crippen LogP contribution is -2.22. The number of carbonyl (C=O) groups excluding carboxylic acids is 1. The Hall–Kier alpha value is -2.00. The van der Waals surface area contributed by atoms with Crippen molar-refractivity contribution in [2.45, 2.75) is 32.5 Å². The van der Waals surface area contributed by atoms with Crippen LogP contribution in [-0.2, 0) is 15.7 Å². The second-order valence-electron chi connectivity index (χ2n) is 4.37. The molecule has 0 amide bonds. The zero-order valence-corrected chi connectivity index (χ0v) is 11.5. The molecule has 22 heavy (non-hydrogen) atoms. The first-order valence-electron chi connectivity index (χ1n) is 6.03. The number of hydrogen-bond donors (Lipinski definition) is 0. The SMILES string of the molecule is Cc1cc(C(F)(F)F)nn1C(C)C(=O)OCCC(F)=C(F)F. The van der Waals surface area contributed by atoms with Crippen molar-refractivity contribution in [1.29, 1.82) is 0 Å². The first-order valence-corrected chi connectivity index (χ1v) is 6.03. The summed E-state index contributed by atoms with van der Waals surface area (Å²) in [5.74, 6) is -2.72. The van der Waals surface area contributed by atoms with E-state index in [9.17, 15) is 31.1 Å². The minimum Gasteiger partial charge on any atom is -0.464 e. The smallest absolute Gasteiger partial charge is 0.435 e. The maximum Gasteiger partial charge on any atom is 0.435 e. The molecule has 124 valence electrons. The molecule has 0 N–H and O–H groups in total. The highest BCUT2D eigenvalue weighted by atomic mass is 19.4. The molecule has 4 nitrogen and oxygen atoms in total. The zero-order chi connectivity index (χ0) is 17.1. The minimum absolute atomic E-state index is 0.0673. The van der Waals surface area contributed by atoms with Crippen LogP contribution in [0.3, 0.4) is 0 Å². The van der Waals surface area contributed by atoms with E-state index >= 15 is 0 Å². The number of esters is 1. The standard InChI is InChI=1S/C12H12F6N2O2/c1-6-5-9(12(16,17)18)19-20(6)7(2)11(21)22-4-3-8(13)10(14)15/h5,7H,3-4H2,1-2H3. The lowest BCUT2D eigenvalue weighted by atomic mass is 10.3. The van der Waals surface area contributed by atoms with Crippen LogP contribution in [0.1, 0.15) is 30.8 Å². The lowest BCUT2D eigenvalue weighted by molar-refractivity contribution is -0.148. The van der Waals surface area contributed by atoms with Crippen molar-refractivity contribution in [3.05, 3.63) is 29.4 Å². The molecule has 0 aliphatic carbocycles. The topological polar surface area (TPSA) is 44.1 Å². The molecule has 0 saturated carbocycles. The molecule has 1 rings (SSSR count). The maximum atomic E-state index is 12.5. The van der Waals surface area contributed by atoms with Gasteiger partial charge in [0.15, 0.2) is 11.5 Å². The summed E-state index contributed by atoms with van der Waals surface area (Å²) < 4.78 is 78.9. The third-order valence-electron chi connectivity index (χ3n) is 2.69. The van der Waals surface area contributed by atoms with Crippen LogP contribution in [0.25, 0.3) is 0 Å². The Kier molecular flexibility index (Phi) is 5.61. The monoisotopic (exact) mass is 330 g/mol. The highest BCUT2D eigenvalue weighted by Gasteiger charge is 2.35. The molecule has 0 radical (unpaired) electrons. The van der Waals surface area contributed by atoms with E-state index in [-0.39, 0.29) is 5.69 Å². The van der Waals surface area contributed by atoms with Crippen LogP contribution in [0.4, 0.5) is 26.3 Å². The molecule has 0 spiro atoms. The Labute approximate surface area is 121 Å². The van der Waals surface area contributed by atoms with Crippen molar-refractivity contribution >= 4 is 5.97 Å². The van der Waals surface area contributed by atoms with Crippen molar-refractivity contribution in [2.75, 3.05) is 6.61 Å². The van der Waals surface area contributed by atoms with Gasteiger partial charge in [0.1, 0.15) is 6.04 Å². The van der Waals surface area contributed by atoms with Crippen LogP contribution in [0.2, 0.25) is 0 Å². The van der Waals surface area contributed by atoms with Gasteiger partial charge in [0, 0.05) is 12.1 Å².